The molecule has 1 aromatic rings. The van der Waals surface area contributed by atoms with Gasteiger partial charge < -0.3 is 0 Å². The highest BCUT2D eigenvalue weighted by Crippen LogP contribution is 2.30. The van der Waals surface area contributed by atoms with Crippen molar-refractivity contribution in [2.45, 2.75) is 5.25 Å². The van der Waals surface area contributed by atoms with E-state index in [0.717, 1.165) is 6.08 Å². The fraction of sp³-hybridized carbons (Fsp3) is 0.111. The average Bonchev–Trinajstić information content (AvgIpc) is 2.12. The standard InChI is InChI=1S/C9H6ClF3O2S/c1-2-9(16(10,14)15)5-3-7(12)8(13)4-6(5)11/h2-4,9H,1H2. The van der Waals surface area contributed by atoms with Gasteiger partial charge in [-0.05, 0) is 6.07 Å². The van der Waals surface area contributed by atoms with Gasteiger partial charge in [-0.1, -0.05) is 6.08 Å². The van der Waals surface area contributed by atoms with Crippen molar-refractivity contribution < 1.29 is 21.6 Å². The minimum Gasteiger partial charge on any atom is -0.211 e. The summed E-state index contributed by atoms with van der Waals surface area (Å²) in [5.74, 6) is -3.97. The quantitative estimate of drug-likeness (QED) is 0.481. The zero-order chi connectivity index (χ0) is 12.5. The van der Waals surface area contributed by atoms with E-state index in [4.69, 9.17) is 10.7 Å². The van der Waals surface area contributed by atoms with Gasteiger partial charge >= 0.3 is 0 Å². The summed E-state index contributed by atoms with van der Waals surface area (Å²) in [6.07, 6.45) is 0.831. The van der Waals surface area contributed by atoms with Crippen molar-refractivity contribution in [3.8, 4) is 0 Å². The van der Waals surface area contributed by atoms with Crippen molar-refractivity contribution >= 4 is 19.7 Å². The summed E-state index contributed by atoms with van der Waals surface area (Å²) >= 11 is 0. The smallest absolute Gasteiger partial charge is 0.211 e. The predicted octanol–water partition coefficient (Wildman–Crippen LogP) is 2.90. The normalized spacial score (nSPS) is 13.5. The van der Waals surface area contributed by atoms with Crippen molar-refractivity contribution in [1.29, 1.82) is 0 Å². The van der Waals surface area contributed by atoms with Crippen LogP contribution in [0.25, 0.3) is 0 Å². The molecule has 1 atom stereocenters. The zero-order valence-electron chi connectivity index (χ0n) is 7.75. The second-order valence-electron chi connectivity index (χ2n) is 2.92. The van der Waals surface area contributed by atoms with Crippen LogP contribution in [-0.2, 0) is 9.05 Å². The summed E-state index contributed by atoms with van der Waals surface area (Å²) in [5.41, 5.74) is -0.580. The Morgan fingerprint density at radius 1 is 1.19 bits per heavy atom. The van der Waals surface area contributed by atoms with Crippen molar-refractivity contribution in [2.75, 3.05) is 0 Å². The van der Waals surface area contributed by atoms with E-state index in [9.17, 15) is 21.6 Å². The highest BCUT2D eigenvalue weighted by molar-refractivity contribution is 8.14. The topological polar surface area (TPSA) is 34.1 Å². The molecule has 0 aromatic heterocycles. The van der Waals surface area contributed by atoms with E-state index >= 15 is 0 Å². The van der Waals surface area contributed by atoms with Crippen molar-refractivity contribution in [3.63, 3.8) is 0 Å². The zero-order valence-corrected chi connectivity index (χ0v) is 9.33. The van der Waals surface area contributed by atoms with E-state index in [1.807, 2.05) is 0 Å². The number of halogens is 4. The molecule has 7 heteroatoms. The van der Waals surface area contributed by atoms with Crippen LogP contribution in [0, 0.1) is 17.5 Å². The van der Waals surface area contributed by atoms with Crippen LogP contribution in [0.3, 0.4) is 0 Å². The largest absolute Gasteiger partial charge is 0.243 e. The first-order valence-corrected chi connectivity index (χ1v) is 6.35. The third-order valence-corrected chi connectivity index (χ3v) is 3.49. The number of rotatable bonds is 3. The molecule has 0 radical (unpaired) electrons. The second kappa shape index (κ2) is 4.47. The van der Waals surface area contributed by atoms with Crippen LogP contribution in [0.5, 0.6) is 0 Å². The first kappa shape index (κ1) is 13.1. The lowest BCUT2D eigenvalue weighted by atomic mass is 10.1. The molecule has 0 fully saturated rings. The van der Waals surface area contributed by atoms with Crippen molar-refractivity contribution in [1.82, 2.24) is 0 Å². The van der Waals surface area contributed by atoms with Gasteiger partial charge in [-0.25, -0.2) is 21.6 Å². The maximum Gasteiger partial charge on any atom is 0.243 e. The molecule has 0 aliphatic rings. The van der Waals surface area contributed by atoms with Gasteiger partial charge in [0, 0.05) is 22.3 Å². The van der Waals surface area contributed by atoms with Crippen LogP contribution >= 0.6 is 10.7 Å². The molecule has 1 aromatic carbocycles. The number of hydrogen-bond acceptors (Lipinski definition) is 2. The Labute approximate surface area is 94.8 Å². The monoisotopic (exact) mass is 270 g/mol. The Balaban J connectivity index is 3.43. The molecule has 16 heavy (non-hydrogen) atoms. The lowest BCUT2D eigenvalue weighted by Crippen LogP contribution is -2.08. The van der Waals surface area contributed by atoms with Crippen LogP contribution in [0.15, 0.2) is 24.8 Å². The molecular weight excluding hydrogens is 265 g/mol. The summed E-state index contributed by atoms with van der Waals surface area (Å²) in [7, 11) is 0.821. The Kier molecular flexibility index (Phi) is 3.64. The SMILES string of the molecule is C=CC(c1cc(F)c(F)cc1F)S(=O)(=O)Cl. The minimum atomic E-state index is -4.20. The summed E-state index contributed by atoms with van der Waals surface area (Å²) in [4.78, 5) is 0. The van der Waals surface area contributed by atoms with Gasteiger partial charge in [0.15, 0.2) is 11.6 Å². The molecule has 1 rings (SSSR count). The highest BCUT2D eigenvalue weighted by Gasteiger charge is 2.26. The van der Waals surface area contributed by atoms with Gasteiger partial charge in [0.25, 0.3) is 0 Å². The molecule has 2 nitrogen and oxygen atoms in total. The van der Waals surface area contributed by atoms with Crippen LogP contribution < -0.4 is 0 Å². The highest BCUT2D eigenvalue weighted by atomic mass is 35.7. The van der Waals surface area contributed by atoms with E-state index in [1.165, 1.54) is 0 Å². The third kappa shape index (κ3) is 2.56. The van der Waals surface area contributed by atoms with Gasteiger partial charge in [0.05, 0.1) is 0 Å². The fourth-order valence-corrected chi connectivity index (χ4v) is 2.37. The van der Waals surface area contributed by atoms with Crippen LogP contribution in [-0.4, -0.2) is 8.42 Å². The molecular formula is C9H6ClF3O2S. The maximum atomic E-state index is 13.2. The van der Waals surface area contributed by atoms with Crippen molar-refractivity contribution in [3.05, 3.63) is 47.8 Å². The fourth-order valence-electron chi connectivity index (χ4n) is 1.15. The number of hydrogen-bond donors (Lipinski definition) is 0. The summed E-state index contributed by atoms with van der Waals surface area (Å²) < 4.78 is 60.7. The molecule has 0 heterocycles. The van der Waals surface area contributed by atoms with Gasteiger partial charge in [-0.2, -0.15) is 0 Å². The summed E-state index contributed by atoms with van der Waals surface area (Å²) in [6, 6.07) is 0.695. The van der Waals surface area contributed by atoms with Crippen LogP contribution in [0.1, 0.15) is 10.8 Å². The second-order valence-corrected chi connectivity index (χ2v) is 5.67. The Hall–Kier alpha value is -1.01. The summed E-state index contributed by atoms with van der Waals surface area (Å²) in [5, 5.41) is -1.62. The average molecular weight is 271 g/mol. The molecule has 0 bridgehead atoms. The lowest BCUT2D eigenvalue weighted by Gasteiger charge is -2.10. The molecule has 88 valence electrons. The molecule has 0 aliphatic carbocycles. The van der Waals surface area contributed by atoms with Crippen molar-refractivity contribution in [2.24, 2.45) is 0 Å². The predicted molar refractivity (Wildman–Crippen MR) is 54.0 cm³/mol. The van der Waals surface area contributed by atoms with E-state index in [2.05, 4.69) is 6.58 Å². The van der Waals surface area contributed by atoms with E-state index < -0.39 is 37.3 Å². The molecule has 0 aliphatic heterocycles. The van der Waals surface area contributed by atoms with E-state index in [-0.39, 0.29) is 6.07 Å². The van der Waals surface area contributed by atoms with Crippen LogP contribution in [0.4, 0.5) is 13.2 Å². The third-order valence-electron chi connectivity index (χ3n) is 1.86. The number of benzene rings is 1. The molecule has 0 spiro atoms. The van der Waals surface area contributed by atoms with Gasteiger partial charge in [0.2, 0.25) is 9.05 Å². The maximum absolute atomic E-state index is 13.2. The first-order chi connectivity index (χ1) is 7.27. The van der Waals surface area contributed by atoms with Crippen LogP contribution in [0.2, 0.25) is 0 Å². The Bertz CT molecular complexity index is 528. The lowest BCUT2D eigenvalue weighted by molar-refractivity contribution is 0.490. The first-order valence-electron chi connectivity index (χ1n) is 3.98. The minimum absolute atomic E-state index is 0.253. The molecule has 1 unspecified atom stereocenters. The molecule has 0 N–H and O–H groups in total. The molecule has 0 saturated heterocycles. The van der Waals surface area contributed by atoms with Gasteiger partial charge in [-0.3, -0.25) is 0 Å². The molecule has 0 saturated carbocycles. The van der Waals surface area contributed by atoms with Gasteiger partial charge in [-0.15, -0.1) is 6.58 Å². The van der Waals surface area contributed by atoms with E-state index in [1.54, 1.807) is 0 Å². The molecule has 0 amide bonds. The Morgan fingerprint density at radius 2 is 1.69 bits per heavy atom. The Morgan fingerprint density at radius 3 is 2.12 bits per heavy atom. The van der Waals surface area contributed by atoms with E-state index in [0.29, 0.717) is 6.07 Å². The van der Waals surface area contributed by atoms with Gasteiger partial charge in [0.1, 0.15) is 11.1 Å². The summed E-state index contributed by atoms with van der Waals surface area (Å²) in [6.45, 7) is 3.15.